The van der Waals surface area contributed by atoms with Crippen LogP contribution in [0.5, 0.6) is 0 Å². The lowest BCUT2D eigenvalue weighted by Crippen LogP contribution is -2.33. The van der Waals surface area contributed by atoms with Crippen LogP contribution in [-0.4, -0.2) is 19.1 Å². The van der Waals surface area contributed by atoms with Crippen LogP contribution in [-0.2, 0) is 0 Å². The van der Waals surface area contributed by atoms with Crippen LogP contribution < -0.4 is 5.43 Å². The van der Waals surface area contributed by atoms with E-state index in [-0.39, 0.29) is 6.04 Å². The van der Waals surface area contributed by atoms with E-state index < -0.39 is 0 Å². The van der Waals surface area contributed by atoms with E-state index in [1.165, 1.54) is 22.3 Å². The molecular formula is C15H16N2. The summed E-state index contributed by atoms with van der Waals surface area (Å²) >= 11 is 0. The molecule has 0 amide bonds. The average molecular weight is 224 g/mol. The van der Waals surface area contributed by atoms with Gasteiger partial charge in [-0.25, -0.2) is 10.4 Å². The van der Waals surface area contributed by atoms with Crippen molar-refractivity contribution in [3.63, 3.8) is 0 Å². The third-order valence-electron chi connectivity index (χ3n) is 3.22. The lowest BCUT2D eigenvalue weighted by Gasteiger charge is -2.20. The Kier molecular flexibility index (Phi) is 2.46. The summed E-state index contributed by atoms with van der Waals surface area (Å²) in [6.45, 7) is 0. The minimum Gasteiger partial charge on any atom is -0.250 e. The van der Waals surface area contributed by atoms with Crippen molar-refractivity contribution in [1.82, 2.24) is 10.4 Å². The van der Waals surface area contributed by atoms with Gasteiger partial charge in [-0.15, -0.1) is 0 Å². The Balaban J connectivity index is 2.17. The van der Waals surface area contributed by atoms with E-state index in [2.05, 4.69) is 54.0 Å². The molecule has 1 aliphatic rings. The Morgan fingerprint density at radius 2 is 1.29 bits per heavy atom. The number of fused-ring (bicyclic) bond motifs is 3. The van der Waals surface area contributed by atoms with Crippen molar-refractivity contribution < 1.29 is 0 Å². The van der Waals surface area contributed by atoms with E-state index in [9.17, 15) is 0 Å². The maximum atomic E-state index is 3.49. The van der Waals surface area contributed by atoms with Crippen molar-refractivity contribution in [2.75, 3.05) is 14.1 Å². The molecule has 0 aliphatic heterocycles. The summed E-state index contributed by atoms with van der Waals surface area (Å²) in [5.41, 5.74) is 8.91. The number of nitrogens with one attached hydrogen (secondary N) is 1. The second kappa shape index (κ2) is 3.99. The van der Waals surface area contributed by atoms with E-state index in [1.807, 2.05) is 19.1 Å². The molecule has 3 rings (SSSR count). The first-order valence-corrected chi connectivity index (χ1v) is 5.89. The minimum absolute atomic E-state index is 0.275. The monoisotopic (exact) mass is 224 g/mol. The number of hydrogen-bond acceptors (Lipinski definition) is 2. The standard InChI is InChI=1S/C15H16N2/c1-17(2)16-15-13-9-5-3-7-11(13)12-8-4-6-10-14(12)15/h3-10,15-16H,1-2H3. The molecule has 2 aromatic rings. The maximum absolute atomic E-state index is 3.49. The second-order valence-electron chi connectivity index (χ2n) is 4.63. The van der Waals surface area contributed by atoms with Crippen LogP contribution in [0.4, 0.5) is 0 Å². The molecule has 0 heterocycles. The number of rotatable bonds is 2. The molecule has 1 N–H and O–H groups in total. The molecule has 0 saturated heterocycles. The van der Waals surface area contributed by atoms with Crippen LogP contribution in [0.2, 0.25) is 0 Å². The summed E-state index contributed by atoms with van der Waals surface area (Å²) in [6.07, 6.45) is 0. The van der Waals surface area contributed by atoms with Crippen molar-refractivity contribution in [2.45, 2.75) is 6.04 Å². The molecule has 2 nitrogen and oxygen atoms in total. The molecule has 1 aliphatic carbocycles. The number of hydrazine groups is 1. The zero-order chi connectivity index (χ0) is 11.8. The van der Waals surface area contributed by atoms with Crippen molar-refractivity contribution in [3.05, 3.63) is 59.7 Å². The van der Waals surface area contributed by atoms with E-state index in [0.29, 0.717) is 0 Å². The van der Waals surface area contributed by atoms with Gasteiger partial charge in [0.25, 0.3) is 0 Å². The number of benzene rings is 2. The number of hydrogen-bond donors (Lipinski definition) is 1. The van der Waals surface area contributed by atoms with Crippen molar-refractivity contribution in [3.8, 4) is 11.1 Å². The summed E-state index contributed by atoms with van der Waals surface area (Å²) in [5, 5.41) is 2.02. The average Bonchev–Trinajstić information content (AvgIpc) is 2.65. The quantitative estimate of drug-likeness (QED) is 0.789. The summed E-state index contributed by atoms with van der Waals surface area (Å²) in [7, 11) is 4.06. The van der Waals surface area contributed by atoms with Crippen LogP contribution in [0.25, 0.3) is 11.1 Å². The van der Waals surface area contributed by atoms with E-state index in [4.69, 9.17) is 0 Å². The predicted octanol–water partition coefficient (Wildman–Crippen LogP) is 2.82. The topological polar surface area (TPSA) is 15.3 Å². The first-order valence-electron chi connectivity index (χ1n) is 5.89. The van der Waals surface area contributed by atoms with Crippen LogP contribution in [0.1, 0.15) is 17.2 Å². The fourth-order valence-electron chi connectivity index (χ4n) is 2.55. The Bertz CT molecular complexity index is 501. The van der Waals surface area contributed by atoms with Crippen LogP contribution in [0, 0.1) is 0 Å². The van der Waals surface area contributed by atoms with Gasteiger partial charge in [-0.2, -0.15) is 0 Å². The zero-order valence-electron chi connectivity index (χ0n) is 10.1. The Labute approximate surface area is 102 Å². The van der Waals surface area contributed by atoms with Gasteiger partial charge in [0.1, 0.15) is 0 Å². The highest BCUT2D eigenvalue weighted by atomic mass is 15.5. The van der Waals surface area contributed by atoms with Gasteiger partial charge in [-0.3, -0.25) is 0 Å². The fourth-order valence-corrected chi connectivity index (χ4v) is 2.55. The maximum Gasteiger partial charge on any atom is 0.0726 e. The molecule has 0 atom stereocenters. The van der Waals surface area contributed by atoms with E-state index in [0.717, 1.165) is 0 Å². The Morgan fingerprint density at radius 3 is 1.76 bits per heavy atom. The predicted molar refractivity (Wildman–Crippen MR) is 70.5 cm³/mol. The van der Waals surface area contributed by atoms with Gasteiger partial charge >= 0.3 is 0 Å². The molecule has 2 aromatic carbocycles. The van der Waals surface area contributed by atoms with Gasteiger partial charge < -0.3 is 0 Å². The molecule has 0 fully saturated rings. The third-order valence-corrected chi connectivity index (χ3v) is 3.22. The van der Waals surface area contributed by atoms with Gasteiger partial charge in [-0.05, 0) is 22.3 Å². The van der Waals surface area contributed by atoms with Crippen molar-refractivity contribution in [2.24, 2.45) is 0 Å². The lowest BCUT2D eigenvalue weighted by atomic mass is 10.1. The highest BCUT2D eigenvalue weighted by Gasteiger charge is 2.27. The van der Waals surface area contributed by atoms with Gasteiger partial charge in [0.2, 0.25) is 0 Å². The number of nitrogens with zero attached hydrogens (tertiary/aromatic N) is 1. The van der Waals surface area contributed by atoms with E-state index in [1.54, 1.807) is 0 Å². The molecule has 86 valence electrons. The molecule has 0 spiro atoms. The first-order chi connectivity index (χ1) is 8.27. The van der Waals surface area contributed by atoms with Crippen molar-refractivity contribution in [1.29, 1.82) is 0 Å². The molecule has 0 saturated carbocycles. The van der Waals surface area contributed by atoms with Crippen LogP contribution >= 0.6 is 0 Å². The van der Waals surface area contributed by atoms with Crippen LogP contribution in [0.15, 0.2) is 48.5 Å². The molecule has 0 unspecified atom stereocenters. The SMILES string of the molecule is CN(C)NC1c2ccccc2-c2ccccc21. The Hall–Kier alpha value is -1.64. The van der Waals surface area contributed by atoms with E-state index >= 15 is 0 Å². The van der Waals surface area contributed by atoms with Gasteiger partial charge in [-0.1, -0.05) is 48.5 Å². The van der Waals surface area contributed by atoms with Gasteiger partial charge in [0, 0.05) is 14.1 Å². The zero-order valence-corrected chi connectivity index (χ0v) is 10.1. The normalized spacial score (nSPS) is 13.8. The summed E-state index contributed by atoms with van der Waals surface area (Å²) in [4.78, 5) is 0. The second-order valence-corrected chi connectivity index (χ2v) is 4.63. The molecular weight excluding hydrogens is 208 g/mol. The Morgan fingerprint density at radius 1 is 0.824 bits per heavy atom. The van der Waals surface area contributed by atoms with Gasteiger partial charge in [0.05, 0.1) is 6.04 Å². The highest BCUT2D eigenvalue weighted by Crippen LogP contribution is 2.42. The summed E-state index contributed by atoms with van der Waals surface area (Å²) in [5.74, 6) is 0. The summed E-state index contributed by atoms with van der Waals surface area (Å²) < 4.78 is 0. The highest BCUT2D eigenvalue weighted by molar-refractivity contribution is 5.78. The largest absolute Gasteiger partial charge is 0.250 e. The smallest absolute Gasteiger partial charge is 0.0726 e. The van der Waals surface area contributed by atoms with Gasteiger partial charge in [0.15, 0.2) is 0 Å². The third kappa shape index (κ3) is 1.66. The first kappa shape index (κ1) is 10.5. The fraction of sp³-hybridized carbons (Fsp3) is 0.200. The molecule has 0 aromatic heterocycles. The minimum atomic E-state index is 0.275. The molecule has 0 bridgehead atoms. The van der Waals surface area contributed by atoms with Crippen molar-refractivity contribution >= 4 is 0 Å². The van der Waals surface area contributed by atoms with Crippen LogP contribution in [0.3, 0.4) is 0 Å². The molecule has 17 heavy (non-hydrogen) atoms. The summed E-state index contributed by atoms with van der Waals surface area (Å²) in [6, 6.07) is 17.5. The lowest BCUT2D eigenvalue weighted by molar-refractivity contribution is 0.264. The molecule has 2 heteroatoms. The molecule has 0 radical (unpaired) electrons.